The summed E-state index contributed by atoms with van der Waals surface area (Å²) >= 11 is -2.52. The van der Waals surface area contributed by atoms with Crippen LogP contribution in [0.2, 0.25) is 0 Å². The van der Waals surface area contributed by atoms with E-state index < -0.39 is 21.3 Å². The maximum atomic E-state index is 5.59. The van der Waals surface area contributed by atoms with Crippen molar-refractivity contribution in [2.24, 2.45) is 5.92 Å². The number of benzene rings is 3. The molecule has 1 atom stereocenters. The standard InChI is InChI=1S/C21H25.C10H9O.C8H8.Zr/c1-20(2,3)16-9-7-14-11-15-8-10-17(21(4,5)6)13-19(15)18(14)12-16;1-8-2-3-9(6-8)10-4-5-11-7-10;1-2-8-6-4-3-5-7-8;/h7-13H,1-6H3;2-5,7-8H,1H3;1,3-7H,2H2;. The molecule has 1 nitrogen and oxygen atoms in total. The molecule has 1 aromatic heterocycles. The zero-order chi connectivity index (χ0) is 28.9. The number of hydrogen-bond donors (Lipinski definition) is 0. The van der Waals surface area contributed by atoms with Gasteiger partial charge in [-0.25, -0.2) is 0 Å². The number of rotatable bonds is 5. The summed E-state index contributed by atoms with van der Waals surface area (Å²) in [5.74, 6) is 0.441. The minimum absolute atomic E-state index is 0.108. The van der Waals surface area contributed by atoms with Crippen molar-refractivity contribution in [1.29, 1.82) is 0 Å². The maximum absolute atomic E-state index is 5.59. The first-order valence-electron chi connectivity index (χ1n) is 15.0. The molecule has 3 aromatic carbocycles. The fourth-order valence-electron chi connectivity index (χ4n) is 6.50. The molecule has 0 saturated heterocycles. The normalized spacial score (nSPS) is 17.3. The van der Waals surface area contributed by atoms with E-state index in [0.29, 0.717) is 9.54 Å². The van der Waals surface area contributed by atoms with Crippen LogP contribution >= 0.6 is 0 Å². The van der Waals surface area contributed by atoms with Crippen LogP contribution in [0.1, 0.15) is 85.5 Å². The molecule has 1 unspecified atom stereocenters. The molecule has 2 aliphatic carbocycles. The van der Waals surface area contributed by atoms with Crippen LogP contribution < -0.4 is 0 Å². The molecular weight excluding hydrogens is 576 g/mol. The van der Waals surface area contributed by atoms with Gasteiger partial charge in [0.15, 0.2) is 0 Å². The summed E-state index contributed by atoms with van der Waals surface area (Å²) in [6, 6.07) is 28.0. The first-order valence-corrected chi connectivity index (χ1v) is 19.1. The molecule has 208 valence electrons. The van der Waals surface area contributed by atoms with Crippen LogP contribution in [-0.2, 0) is 38.5 Å². The van der Waals surface area contributed by atoms with Gasteiger partial charge < -0.3 is 0 Å². The van der Waals surface area contributed by atoms with E-state index in [1.807, 2.05) is 12.5 Å². The second-order valence-electron chi connectivity index (χ2n) is 13.9. The summed E-state index contributed by atoms with van der Waals surface area (Å²) in [5, 5.41) is 0. The predicted octanol–water partition coefficient (Wildman–Crippen LogP) is 10.2. The molecule has 0 radical (unpaired) electrons. The van der Waals surface area contributed by atoms with Crippen LogP contribution in [0.4, 0.5) is 0 Å². The van der Waals surface area contributed by atoms with E-state index in [-0.39, 0.29) is 10.8 Å². The van der Waals surface area contributed by atoms with Crippen molar-refractivity contribution in [3.8, 4) is 11.1 Å². The molecule has 0 fully saturated rings. The summed E-state index contributed by atoms with van der Waals surface area (Å²) in [4.78, 5) is 0. The number of fused-ring (bicyclic) bond motifs is 3. The zero-order valence-electron chi connectivity index (χ0n) is 25.6. The second kappa shape index (κ2) is 10.8. The summed E-state index contributed by atoms with van der Waals surface area (Å²) in [5.41, 5.74) is 13.1. The topological polar surface area (TPSA) is 13.1 Å². The van der Waals surface area contributed by atoms with Crippen molar-refractivity contribution in [2.75, 3.05) is 0 Å². The predicted molar refractivity (Wildman–Crippen MR) is 171 cm³/mol. The fraction of sp³-hybridized carbons (Fsp3) is 0.308. The van der Waals surface area contributed by atoms with Gasteiger partial charge in [0.05, 0.1) is 0 Å². The Balaban J connectivity index is 1.61. The Morgan fingerprint density at radius 1 is 0.780 bits per heavy atom. The average Bonchev–Trinajstić information content (AvgIpc) is 3.67. The Kier molecular flexibility index (Phi) is 7.44. The van der Waals surface area contributed by atoms with Gasteiger partial charge in [0.1, 0.15) is 0 Å². The molecule has 41 heavy (non-hydrogen) atoms. The third-order valence-electron chi connectivity index (χ3n) is 8.90. The molecule has 0 spiro atoms. The second-order valence-corrected chi connectivity index (χ2v) is 19.9. The van der Waals surface area contributed by atoms with E-state index >= 15 is 0 Å². The van der Waals surface area contributed by atoms with Crippen LogP contribution in [0.5, 0.6) is 0 Å². The number of hydrogen-bond acceptors (Lipinski definition) is 1. The fourth-order valence-corrected chi connectivity index (χ4v) is 15.2. The Bertz CT molecular complexity index is 1600. The van der Waals surface area contributed by atoms with Gasteiger partial charge >= 0.3 is 255 Å². The van der Waals surface area contributed by atoms with Crippen LogP contribution in [0.15, 0.2) is 105 Å². The van der Waals surface area contributed by atoms with Crippen molar-refractivity contribution in [1.82, 2.24) is 0 Å². The van der Waals surface area contributed by atoms with Crippen molar-refractivity contribution in [2.45, 2.75) is 69.3 Å². The molecular formula is C39H42OZr. The van der Waals surface area contributed by atoms with Crippen LogP contribution in [0.25, 0.3) is 16.7 Å². The van der Waals surface area contributed by atoms with Gasteiger partial charge in [-0.1, -0.05) is 0 Å². The molecule has 4 aromatic rings. The van der Waals surface area contributed by atoms with E-state index in [1.54, 1.807) is 3.28 Å². The Morgan fingerprint density at radius 3 is 1.93 bits per heavy atom. The summed E-state index contributed by atoms with van der Waals surface area (Å²) in [6.45, 7) is 16.4. The zero-order valence-corrected chi connectivity index (χ0v) is 28.0. The van der Waals surface area contributed by atoms with Gasteiger partial charge in [0.25, 0.3) is 0 Å². The molecule has 6 rings (SSSR count). The van der Waals surface area contributed by atoms with E-state index in [2.05, 4.69) is 137 Å². The van der Waals surface area contributed by atoms with E-state index in [9.17, 15) is 0 Å². The van der Waals surface area contributed by atoms with Gasteiger partial charge in [0, 0.05) is 0 Å². The van der Waals surface area contributed by atoms with Gasteiger partial charge in [-0.05, 0) is 0 Å². The third kappa shape index (κ3) is 5.41. The monoisotopic (exact) mass is 616 g/mol. The van der Waals surface area contributed by atoms with Crippen LogP contribution in [0, 0.1) is 5.92 Å². The van der Waals surface area contributed by atoms with Crippen molar-refractivity contribution in [3.05, 3.63) is 134 Å². The van der Waals surface area contributed by atoms with Crippen molar-refractivity contribution in [3.63, 3.8) is 0 Å². The first kappa shape index (κ1) is 28.3. The summed E-state index contributed by atoms with van der Waals surface area (Å²) in [7, 11) is 0. The molecule has 0 bridgehead atoms. The molecule has 0 aliphatic heterocycles. The summed E-state index contributed by atoms with van der Waals surface area (Å²) in [6.07, 6.45) is 9.54. The van der Waals surface area contributed by atoms with E-state index in [4.69, 9.17) is 4.42 Å². The molecule has 1 heterocycles. The first-order chi connectivity index (χ1) is 19.5. The average molecular weight is 618 g/mol. The molecule has 0 saturated carbocycles. The third-order valence-corrected chi connectivity index (χ3v) is 16.9. The Hall–Kier alpha value is -2.83. The van der Waals surface area contributed by atoms with Gasteiger partial charge in [-0.3, -0.25) is 0 Å². The van der Waals surface area contributed by atoms with E-state index in [1.165, 1.54) is 50.1 Å². The molecule has 2 heteroatoms. The molecule has 0 N–H and O–H groups in total. The van der Waals surface area contributed by atoms with Crippen molar-refractivity contribution >= 4 is 9.28 Å². The summed E-state index contributed by atoms with van der Waals surface area (Å²) < 4.78 is 10.5. The van der Waals surface area contributed by atoms with Crippen LogP contribution in [0.3, 0.4) is 0 Å². The van der Waals surface area contributed by atoms with Crippen LogP contribution in [-0.4, -0.2) is 3.71 Å². The number of allylic oxidation sites excluding steroid dienone is 4. The van der Waals surface area contributed by atoms with E-state index in [0.717, 1.165) is 6.42 Å². The van der Waals surface area contributed by atoms with Crippen molar-refractivity contribution < 1.29 is 25.7 Å². The SMILES string of the molecule is CC1C=CC(c2ccoc2)=[C]1[Zr](=[CH]Cc1ccccc1)[CH]1c2ccc(C(C)(C)C)cc2-c2cc(C(C)(C)C)ccc21. The van der Waals surface area contributed by atoms with Gasteiger partial charge in [0.2, 0.25) is 0 Å². The Morgan fingerprint density at radius 2 is 1.39 bits per heavy atom. The minimum atomic E-state index is -2.52. The quantitative estimate of drug-likeness (QED) is 0.217. The van der Waals surface area contributed by atoms with Gasteiger partial charge in [-0.2, -0.15) is 0 Å². The van der Waals surface area contributed by atoms with Gasteiger partial charge in [-0.15, -0.1) is 0 Å². The molecule has 2 aliphatic rings. The molecule has 0 amide bonds. The Labute approximate surface area is 254 Å². The number of furan rings is 1.